The lowest BCUT2D eigenvalue weighted by Crippen LogP contribution is -2.18. The van der Waals surface area contributed by atoms with Gasteiger partial charge in [-0.2, -0.15) is 5.10 Å². The molecule has 1 heterocycles. The summed E-state index contributed by atoms with van der Waals surface area (Å²) in [5.41, 5.74) is 4.34. The first-order valence-electron chi connectivity index (χ1n) is 8.51. The van der Waals surface area contributed by atoms with Crippen LogP contribution >= 0.6 is 15.9 Å². The molecule has 0 aliphatic rings. The van der Waals surface area contributed by atoms with E-state index in [1.54, 1.807) is 19.1 Å². The van der Waals surface area contributed by atoms with Crippen LogP contribution in [-0.2, 0) is 0 Å². The summed E-state index contributed by atoms with van der Waals surface area (Å²) in [7, 11) is 0. The summed E-state index contributed by atoms with van der Waals surface area (Å²) < 4.78 is 11.3. The van der Waals surface area contributed by atoms with Crippen LogP contribution in [0.5, 0.6) is 11.5 Å². The number of nitrogens with zero attached hydrogens (tertiary/aromatic N) is 2. The number of halogens is 1. The standard InChI is InChI=1S/C20H18BrN3O4/c1-3-27-16-10-15(21)9-14(19(16)25)11-22-23-20(26)17-12(2)28-24-18(17)13-7-5-4-6-8-13/h4-11,25H,3H2,1-2H3,(H,23,26). The fraction of sp³-hybridized carbons (Fsp3) is 0.150. The fourth-order valence-electron chi connectivity index (χ4n) is 2.61. The molecule has 0 atom stereocenters. The molecule has 8 heteroatoms. The minimum Gasteiger partial charge on any atom is -0.504 e. The third-order valence-corrected chi connectivity index (χ3v) is 4.33. The molecule has 0 saturated heterocycles. The van der Waals surface area contributed by atoms with Crippen molar-refractivity contribution in [1.82, 2.24) is 10.6 Å². The van der Waals surface area contributed by atoms with Crippen molar-refractivity contribution >= 4 is 28.1 Å². The zero-order chi connectivity index (χ0) is 20.1. The third kappa shape index (κ3) is 4.23. The van der Waals surface area contributed by atoms with Gasteiger partial charge in [-0.15, -0.1) is 0 Å². The number of aromatic nitrogens is 1. The second-order valence-corrected chi connectivity index (χ2v) is 6.72. The van der Waals surface area contributed by atoms with E-state index in [1.807, 2.05) is 37.3 Å². The van der Waals surface area contributed by atoms with E-state index < -0.39 is 5.91 Å². The highest BCUT2D eigenvalue weighted by molar-refractivity contribution is 9.10. The van der Waals surface area contributed by atoms with Crippen LogP contribution in [0.4, 0.5) is 0 Å². The number of phenols is 1. The molecule has 144 valence electrons. The van der Waals surface area contributed by atoms with Gasteiger partial charge in [0.05, 0.1) is 12.8 Å². The van der Waals surface area contributed by atoms with Gasteiger partial charge < -0.3 is 14.4 Å². The molecular weight excluding hydrogens is 426 g/mol. The molecule has 0 fully saturated rings. The van der Waals surface area contributed by atoms with Gasteiger partial charge in [0.15, 0.2) is 11.5 Å². The molecule has 3 rings (SSSR count). The zero-order valence-electron chi connectivity index (χ0n) is 15.3. The summed E-state index contributed by atoms with van der Waals surface area (Å²) in [4.78, 5) is 12.6. The van der Waals surface area contributed by atoms with Crippen molar-refractivity contribution in [2.75, 3.05) is 6.61 Å². The highest BCUT2D eigenvalue weighted by Crippen LogP contribution is 2.33. The molecule has 0 spiro atoms. The number of hydrogen-bond acceptors (Lipinski definition) is 6. The Balaban J connectivity index is 1.82. The molecule has 2 aromatic carbocycles. The summed E-state index contributed by atoms with van der Waals surface area (Å²) in [6.45, 7) is 3.89. The molecule has 0 saturated carbocycles. The minimum absolute atomic E-state index is 0.0609. The largest absolute Gasteiger partial charge is 0.504 e. The van der Waals surface area contributed by atoms with Gasteiger partial charge in [0.2, 0.25) is 0 Å². The van der Waals surface area contributed by atoms with E-state index in [-0.39, 0.29) is 5.75 Å². The van der Waals surface area contributed by atoms with Gasteiger partial charge >= 0.3 is 0 Å². The Bertz CT molecular complexity index is 1020. The number of nitrogens with one attached hydrogen (secondary N) is 1. The van der Waals surface area contributed by atoms with E-state index in [0.717, 1.165) is 5.56 Å². The van der Waals surface area contributed by atoms with E-state index in [4.69, 9.17) is 9.26 Å². The topological polar surface area (TPSA) is 97.0 Å². The van der Waals surface area contributed by atoms with E-state index in [9.17, 15) is 9.90 Å². The number of ether oxygens (including phenoxy) is 1. The van der Waals surface area contributed by atoms with Gasteiger partial charge in [-0.3, -0.25) is 4.79 Å². The Morgan fingerprint density at radius 1 is 1.36 bits per heavy atom. The summed E-state index contributed by atoms with van der Waals surface area (Å²) in [5, 5.41) is 18.2. The van der Waals surface area contributed by atoms with Crippen LogP contribution < -0.4 is 10.2 Å². The smallest absolute Gasteiger partial charge is 0.277 e. The maximum Gasteiger partial charge on any atom is 0.277 e. The minimum atomic E-state index is -0.464. The molecule has 0 aliphatic carbocycles. The predicted molar refractivity (Wildman–Crippen MR) is 109 cm³/mol. The Labute approximate surface area is 170 Å². The van der Waals surface area contributed by atoms with Crippen LogP contribution in [0.15, 0.2) is 56.6 Å². The van der Waals surface area contributed by atoms with Gasteiger partial charge in [0.25, 0.3) is 5.91 Å². The average Bonchev–Trinajstić information content (AvgIpc) is 3.07. The third-order valence-electron chi connectivity index (χ3n) is 3.88. The van der Waals surface area contributed by atoms with Crippen LogP contribution in [0, 0.1) is 6.92 Å². The number of carbonyl (C=O) groups excluding carboxylic acids is 1. The van der Waals surface area contributed by atoms with Gasteiger partial charge in [-0.25, -0.2) is 5.43 Å². The molecule has 0 unspecified atom stereocenters. The van der Waals surface area contributed by atoms with Crippen LogP contribution in [-0.4, -0.2) is 29.0 Å². The molecular formula is C20H18BrN3O4. The number of benzene rings is 2. The molecule has 3 aromatic rings. The summed E-state index contributed by atoms with van der Waals surface area (Å²) >= 11 is 3.35. The van der Waals surface area contributed by atoms with Gasteiger partial charge in [-0.1, -0.05) is 51.4 Å². The predicted octanol–water partition coefficient (Wildman–Crippen LogP) is 4.28. The quantitative estimate of drug-likeness (QED) is 0.437. The van der Waals surface area contributed by atoms with Crippen molar-refractivity contribution in [3.8, 4) is 22.8 Å². The maximum atomic E-state index is 12.6. The number of phenolic OH excluding ortho intramolecular Hbond substituents is 1. The second-order valence-electron chi connectivity index (χ2n) is 5.80. The Morgan fingerprint density at radius 2 is 2.11 bits per heavy atom. The SMILES string of the molecule is CCOc1cc(Br)cc(C=NNC(=O)c2c(-c3ccccc3)noc2C)c1O. The fourth-order valence-corrected chi connectivity index (χ4v) is 3.06. The number of carbonyl (C=O) groups is 1. The van der Waals surface area contributed by atoms with Crippen LogP contribution in [0.3, 0.4) is 0 Å². The van der Waals surface area contributed by atoms with E-state index >= 15 is 0 Å². The van der Waals surface area contributed by atoms with Crippen molar-refractivity contribution in [3.05, 3.63) is 63.8 Å². The number of aromatic hydroxyl groups is 1. The second kappa shape index (κ2) is 8.71. The summed E-state index contributed by atoms with van der Waals surface area (Å²) in [6.07, 6.45) is 1.34. The summed E-state index contributed by atoms with van der Waals surface area (Å²) in [5.74, 6) is 0.184. The number of amides is 1. The first-order chi connectivity index (χ1) is 13.5. The first-order valence-corrected chi connectivity index (χ1v) is 9.31. The van der Waals surface area contributed by atoms with Gasteiger partial charge in [-0.05, 0) is 26.0 Å². The van der Waals surface area contributed by atoms with E-state index in [0.29, 0.717) is 39.4 Å². The molecule has 0 radical (unpaired) electrons. The number of hydrogen-bond donors (Lipinski definition) is 2. The number of hydrazone groups is 1. The molecule has 7 nitrogen and oxygen atoms in total. The normalized spacial score (nSPS) is 11.0. The van der Waals surface area contributed by atoms with Crippen molar-refractivity contribution in [1.29, 1.82) is 0 Å². The lowest BCUT2D eigenvalue weighted by atomic mass is 10.1. The zero-order valence-corrected chi connectivity index (χ0v) is 16.9. The molecule has 0 bridgehead atoms. The molecule has 1 aromatic heterocycles. The Kier molecular flexibility index (Phi) is 6.10. The van der Waals surface area contributed by atoms with E-state index in [2.05, 4.69) is 31.6 Å². The molecule has 0 aliphatic heterocycles. The highest BCUT2D eigenvalue weighted by atomic mass is 79.9. The first kappa shape index (κ1) is 19.6. The van der Waals surface area contributed by atoms with Crippen LogP contribution in [0.25, 0.3) is 11.3 Å². The lowest BCUT2D eigenvalue weighted by Gasteiger charge is -2.08. The Hall–Kier alpha value is -3.13. The van der Waals surface area contributed by atoms with Crippen molar-refractivity contribution in [2.45, 2.75) is 13.8 Å². The molecule has 2 N–H and O–H groups in total. The molecule has 28 heavy (non-hydrogen) atoms. The Morgan fingerprint density at radius 3 is 2.82 bits per heavy atom. The maximum absolute atomic E-state index is 12.6. The van der Waals surface area contributed by atoms with E-state index in [1.165, 1.54) is 6.21 Å². The highest BCUT2D eigenvalue weighted by Gasteiger charge is 2.21. The van der Waals surface area contributed by atoms with Gasteiger partial charge in [0, 0.05) is 15.6 Å². The van der Waals surface area contributed by atoms with Crippen molar-refractivity contribution in [3.63, 3.8) is 0 Å². The van der Waals surface area contributed by atoms with Gasteiger partial charge in [0.1, 0.15) is 17.0 Å². The monoisotopic (exact) mass is 443 g/mol. The van der Waals surface area contributed by atoms with Crippen molar-refractivity contribution in [2.24, 2.45) is 5.10 Å². The van der Waals surface area contributed by atoms with Crippen LogP contribution in [0.2, 0.25) is 0 Å². The van der Waals surface area contributed by atoms with Crippen molar-refractivity contribution < 1.29 is 19.2 Å². The number of rotatable bonds is 6. The van der Waals surface area contributed by atoms with Crippen LogP contribution in [0.1, 0.15) is 28.6 Å². The summed E-state index contributed by atoms with van der Waals surface area (Å²) in [6, 6.07) is 12.6. The molecule has 1 amide bonds. The number of aryl methyl sites for hydroxylation is 1. The lowest BCUT2D eigenvalue weighted by molar-refractivity contribution is 0.0954. The average molecular weight is 444 g/mol.